The van der Waals surface area contributed by atoms with Crippen LogP contribution in [0, 0.1) is 17.6 Å². The van der Waals surface area contributed by atoms with Crippen molar-refractivity contribution in [3.8, 4) is 11.5 Å². The molecule has 190 valence electrons. The van der Waals surface area contributed by atoms with E-state index < -0.39 is 11.6 Å². The molecule has 2 aromatic rings. The van der Waals surface area contributed by atoms with Gasteiger partial charge in [0.2, 0.25) is 5.91 Å². The van der Waals surface area contributed by atoms with Crippen LogP contribution in [0.3, 0.4) is 0 Å². The van der Waals surface area contributed by atoms with Gasteiger partial charge in [0.25, 0.3) is 0 Å². The molecule has 1 saturated carbocycles. The van der Waals surface area contributed by atoms with E-state index in [-0.39, 0.29) is 29.7 Å². The van der Waals surface area contributed by atoms with Crippen LogP contribution in [0.2, 0.25) is 0 Å². The zero-order valence-corrected chi connectivity index (χ0v) is 20.5. The number of nitrogens with one attached hydrogen (secondary N) is 1. The molecule has 6 nitrogen and oxygen atoms in total. The maximum absolute atomic E-state index is 14.7. The highest BCUT2D eigenvalue weighted by atomic mass is 19.1. The van der Waals surface area contributed by atoms with E-state index in [2.05, 4.69) is 5.32 Å². The molecule has 2 fully saturated rings. The second kappa shape index (κ2) is 10.4. The van der Waals surface area contributed by atoms with E-state index >= 15 is 0 Å². The summed E-state index contributed by atoms with van der Waals surface area (Å²) >= 11 is 0. The lowest BCUT2D eigenvalue weighted by atomic mass is 9.91. The Morgan fingerprint density at radius 2 is 1.92 bits per heavy atom. The van der Waals surface area contributed by atoms with Gasteiger partial charge >= 0.3 is 0 Å². The van der Waals surface area contributed by atoms with Gasteiger partial charge in [-0.3, -0.25) is 9.79 Å². The molecule has 1 aliphatic carbocycles. The van der Waals surface area contributed by atoms with Crippen LogP contribution in [0.5, 0.6) is 11.5 Å². The van der Waals surface area contributed by atoms with Crippen LogP contribution in [0.1, 0.15) is 50.2 Å². The number of carbonyl (C=O) groups is 1. The predicted molar refractivity (Wildman–Crippen MR) is 137 cm³/mol. The number of fused-ring (bicyclic) bond motifs is 1. The van der Waals surface area contributed by atoms with Gasteiger partial charge in [-0.15, -0.1) is 0 Å². The summed E-state index contributed by atoms with van der Waals surface area (Å²) < 4.78 is 34.4. The van der Waals surface area contributed by atoms with Crippen molar-refractivity contribution in [1.29, 1.82) is 0 Å². The molecule has 2 heterocycles. The summed E-state index contributed by atoms with van der Waals surface area (Å²) in [4.78, 5) is 19.8. The molecule has 8 heteroatoms. The fraction of sp³-hybridized carbons (Fsp3) is 0.429. The zero-order chi connectivity index (χ0) is 25.2. The number of halogens is 2. The molecule has 0 radical (unpaired) electrons. The first-order chi connectivity index (χ1) is 17.5. The lowest BCUT2D eigenvalue weighted by Gasteiger charge is -2.37. The maximum atomic E-state index is 14.7. The Kier molecular flexibility index (Phi) is 7.05. The first-order valence-corrected chi connectivity index (χ1v) is 12.7. The van der Waals surface area contributed by atoms with Gasteiger partial charge in [0, 0.05) is 47.1 Å². The lowest BCUT2D eigenvalue weighted by molar-refractivity contribution is -0.120. The van der Waals surface area contributed by atoms with Crippen molar-refractivity contribution in [2.75, 3.05) is 18.0 Å². The van der Waals surface area contributed by atoms with Gasteiger partial charge in [-0.05, 0) is 82.8 Å². The number of rotatable bonds is 6. The third kappa shape index (κ3) is 5.00. The minimum Gasteiger partial charge on any atom is -0.453 e. The minimum absolute atomic E-state index is 0.0536. The number of carbonyl (C=O) groups excluding carboxylic acids is 1. The van der Waals surface area contributed by atoms with E-state index in [1.54, 1.807) is 6.21 Å². The van der Waals surface area contributed by atoms with Crippen molar-refractivity contribution in [3.05, 3.63) is 59.3 Å². The van der Waals surface area contributed by atoms with Gasteiger partial charge in [-0.2, -0.15) is 0 Å². The number of ether oxygens (including phenoxy) is 1. The summed E-state index contributed by atoms with van der Waals surface area (Å²) in [6, 6.07) is 7.28. The van der Waals surface area contributed by atoms with Crippen LogP contribution in [0.4, 0.5) is 14.5 Å². The molecule has 1 atom stereocenters. The lowest BCUT2D eigenvalue weighted by Crippen LogP contribution is -2.43. The van der Waals surface area contributed by atoms with Gasteiger partial charge in [0.05, 0.1) is 11.7 Å². The number of benzene rings is 2. The highest BCUT2D eigenvalue weighted by Crippen LogP contribution is 2.45. The Morgan fingerprint density at radius 3 is 2.61 bits per heavy atom. The Hall–Kier alpha value is -3.26. The molecule has 0 unspecified atom stereocenters. The standard InChI is InChI=1S/C28H32F2N4O2/c1-17-2-6-23-25(34(17)28(35)18-3-4-18)8-7-22(19(15-31)16-33-21-10-12-32-13-11-21)27(23)36-26-9-5-20(29)14-24(26)30/h5,7-9,14-18,21,32H,2-4,6,10-13,31H2,1H3/t17-/m0/s1. The highest BCUT2D eigenvalue weighted by Gasteiger charge is 2.39. The third-order valence-corrected chi connectivity index (χ3v) is 7.24. The number of anilines is 1. The topological polar surface area (TPSA) is 80.0 Å². The number of hydrogen-bond donors (Lipinski definition) is 2. The molecule has 2 aromatic carbocycles. The van der Waals surface area contributed by atoms with Crippen LogP contribution < -0.4 is 20.7 Å². The average molecular weight is 495 g/mol. The van der Waals surface area contributed by atoms with Crippen LogP contribution in [0.25, 0.3) is 5.57 Å². The molecular formula is C28H32F2N4O2. The largest absolute Gasteiger partial charge is 0.453 e. The van der Waals surface area contributed by atoms with Gasteiger partial charge in [0.1, 0.15) is 11.6 Å². The first kappa shape index (κ1) is 24.4. The van der Waals surface area contributed by atoms with Crippen LogP contribution in [0.15, 0.2) is 41.5 Å². The fourth-order valence-corrected chi connectivity index (χ4v) is 5.02. The average Bonchev–Trinajstić information content (AvgIpc) is 3.72. The quantitative estimate of drug-likeness (QED) is 0.557. The Bertz CT molecular complexity index is 1200. The van der Waals surface area contributed by atoms with E-state index in [4.69, 9.17) is 15.5 Å². The van der Waals surface area contributed by atoms with Crippen molar-refractivity contribution >= 4 is 23.4 Å². The number of nitrogens with zero attached hydrogens (tertiary/aromatic N) is 2. The number of piperidine rings is 1. The van der Waals surface area contributed by atoms with Gasteiger partial charge < -0.3 is 20.7 Å². The maximum Gasteiger partial charge on any atom is 0.230 e. The van der Waals surface area contributed by atoms with Crippen molar-refractivity contribution < 1.29 is 18.3 Å². The molecule has 1 amide bonds. The SMILES string of the molecule is C[C@H]1CCc2c(ccc(C(C=NC3CCNCC3)=CN)c2Oc2ccc(F)cc2F)N1C(=O)C1CC1. The van der Waals surface area contributed by atoms with E-state index in [1.165, 1.54) is 12.3 Å². The predicted octanol–water partition coefficient (Wildman–Crippen LogP) is 4.96. The Labute approximate surface area is 210 Å². The zero-order valence-electron chi connectivity index (χ0n) is 20.5. The number of nitrogens with two attached hydrogens (primary N) is 1. The molecule has 36 heavy (non-hydrogen) atoms. The summed E-state index contributed by atoms with van der Waals surface area (Å²) in [5, 5.41) is 3.33. The van der Waals surface area contributed by atoms with Crippen LogP contribution in [-0.2, 0) is 11.2 Å². The van der Waals surface area contributed by atoms with Crippen molar-refractivity contribution in [2.24, 2.45) is 16.6 Å². The summed E-state index contributed by atoms with van der Waals surface area (Å²) in [7, 11) is 0. The van der Waals surface area contributed by atoms with Crippen molar-refractivity contribution in [1.82, 2.24) is 5.32 Å². The molecule has 1 saturated heterocycles. The van der Waals surface area contributed by atoms with E-state index in [0.717, 1.165) is 68.6 Å². The monoisotopic (exact) mass is 494 g/mol. The Morgan fingerprint density at radius 1 is 1.14 bits per heavy atom. The highest BCUT2D eigenvalue weighted by molar-refractivity contribution is 6.11. The number of aliphatic imine (C=N–C) groups is 1. The van der Waals surface area contributed by atoms with Crippen LogP contribution >= 0.6 is 0 Å². The van der Waals surface area contributed by atoms with E-state index in [9.17, 15) is 13.6 Å². The molecule has 2 aliphatic heterocycles. The number of amides is 1. The first-order valence-electron chi connectivity index (χ1n) is 12.7. The molecule has 0 spiro atoms. The van der Waals surface area contributed by atoms with Gasteiger partial charge in [-0.1, -0.05) is 0 Å². The normalized spacial score (nSPS) is 21.0. The molecule has 0 bridgehead atoms. The van der Waals surface area contributed by atoms with Gasteiger partial charge in [0.15, 0.2) is 11.6 Å². The fourth-order valence-electron chi connectivity index (χ4n) is 5.02. The van der Waals surface area contributed by atoms with Crippen molar-refractivity contribution in [3.63, 3.8) is 0 Å². The molecule has 5 rings (SSSR count). The summed E-state index contributed by atoms with van der Waals surface area (Å²) in [6.45, 7) is 3.89. The second-order valence-corrected chi connectivity index (χ2v) is 9.87. The molecule has 3 N–H and O–H groups in total. The van der Waals surface area contributed by atoms with Crippen molar-refractivity contribution in [2.45, 2.75) is 57.5 Å². The molecular weight excluding hydrogens is 462 g/mol. The smallest absolute Gasteiger partial charge is 0.230 e. The number of allylic oxidation sites excluding steroid dienone is 1. The number of hydrogen-bond acceptors (Lipinski definition) is 5. The molecule has 3 aliphatic rings. The molecule has 0 aromatic heterocycles. The minimum atomic E-state index is -0.796. The third-order valence-electron chi connectivity index (χ3n) is 7.24. The second-order valence-electron chi connectivity index (χ2n) is 9.87. The summed E-state index contributed by atoms with van der Waals surface area (Å²) in [5.41, 5.74) is 8.94. The summed E-state index contributed by atoms with van der Waals surface area (Å²) in [5.74, 6) is -0.953. The van der Waals surface area contributed by atoms with E-state index in [1.807, 2.05) is 24.0 Å². The van der Waals surface area contributed by atoms with Gasteiger partial charge in [-0.25, -0.2) is 8.78 Å². The van der Waals surface area contributed by atoms with E-state index in [0.29, 0.717) is 23.3 Å². The van der Waals surface area contributed by atoms with Crippen LogP contribution in [-0.4, -0.2) is 37.3 Å². The summed E-state index contributed by atoms with van der Waals surface area (Å²) in [6.07, 6.45) is 8.34. The Balaban J connectivity index is 1.58.